The van der Waals surface area contributed by atoms with Crippen LogP contribution in [-0.2, 0) is 11.3 Å². The highest BCUT2D eigenvalue weighted by Crippen LogP contribution is 2.23. The Morgan fingerprint density at radius 2 is 2.38 bits per heavy atom. The Morgan fingerprint density at radius 3 is 3.06 bits per heavy atom. The number of aromatic nitrogens is 1. The molecule has 0 spiro atoms. The van der Waals surface area contributed by atoms with Gasteiger partial charge in [0.25, 0.3) is 0 Å². The summed E-state index contributed by atoms with van der Waals surface area (Å²) in [6, 6.07) is 4.10. The van der Waals surface area contributed by atoms with E-state index in [0.717, 1.165) is 18.8 Å². The molecule has 1 heterocycles. The maximum Gasteiger partial charge on any atom is 0.126 e. The van der Waals surface area contributed by atoms with Gasteiger partial charge in [-0.15, -0.1) is 0 Å². The summed E-state index contributed by atoms with van der Waals surface area (Å²) >= 11 is 0. The first kappa shape index (κ1) is 11.4. The second-order valence-corrected chi connectivity index (χ2v) is 4.34. The third-order valence-electron chi connectivity index (χ3n) is 2.92. The third-order valence-corrected chi connectivity index (χ3v) is 2.92. The van der Waals surface area contributed by atoms with E-state index >= 15 is 0 Å². The van der Waals surface area contributed by atoms with Crippen molar-refractivity contribution >= 4 is 5.82 Å². The van der Waals surface area contributed by atoms with Crippen molar-refractivity contribution in [3.05, 3.63) is 23.9 Å². The molecule has 1 aromatic heterocycles. The molecule has 0 bridgehead atoms. The molecule has 1 aromatic rings. The molecule has 0 aromatic carbocycles. The zero-order valence-corrected chi connectivity index (χ0v) is 9.91. The smallest absolute Gasteiger partial charge is 0.126 e. The van der Waals surface area contributed by atoms with Gasteiger partial charge < -0.3 is 10.1 Å². The molecular weight excluding hydrogens is 200 g/mol. The average molecular weight is 220 g/mol. The van der Waals surface area contributed by atoms with Crippen LogP contribution in [0.15, 0.2) is 18.3 Å². The van der Waals surface area contributed by atoms with E-state index in [2.05, 4.69) is 23.3 Å². The maximum atomic E-state index is 5.77. The van der Waals surface area contributed by atoms with Crippen molar-refractivity contribution in [1.82, 2.24) is 4.98 Å². The van der Waals surface area contributed by atoms with Crippen molar-refractivity contribution in [3.63, 3.8) is 0 Å². The Bertz CT molecular complexity index is 323. The molecule has 16 heavy (non-hydrogen) atoms. The van der Waals surface area contributed by atoms with Crippen LogP contribution in [0.1, 0.15) is 38.2 Å². The average Bonchev–Trinajstić information content (AvgIpc) is 2.25. The summed E-state index contributed by atoms with van der Waals surface area (Å²) in [7, 11) is 0. The van der Waals surface area contributed by atoms with Crippen LogP contribution < -0.4 is 5.32 Å². The summed E-state index contributed by atoms with van der Waals surface area (Å²) in [4.78, 5) is 4.27. The van der Waals surface area contributed by atoms with Crippen molar-refractivity contribution < 1.29 is 4.74 Å². The zero-order valence-electron chi connectivity index (χ0n) is 9.91. The van der Waals surface area contributed by atoms with E-state index in [-0.39, 0.29) is 0 Å². The molecule has 1 fully saturated rings. The molecule has 1 aliphatic carbocycles. The van der Waals surface area contributed by atoms with Gasteiger partial charge in [-0.2, -0.15) is 0 Å². The van der Waals surface area contributed by atoms with Crippen LogP contribution in [0.2, 0.25) is 0 Å². The Kier molecular flexibility index (Phi) is 4.17. The van der Waals surface area contributed by atoms with E-state index in [0.29, 0.717) is 12.7 Å². The summed E-state index contributed by atoms with van der Waals surface area (Å²) in [5, 5.41) is 3.28. The van der Waals surface area contributed by atoms with E-state index in [1.54, 1.807) is 0 Å². The lowest BCUT2D eigenvalue weighted by molar-refractivity contribution is -0.00866. The highest BCUT2D eigenvalue weighted by molar-refractivity contribution is 5.37. The summed E-state index contributed by atoms with van der Waals surface area (Å²) in [6.07, 6.45) is 7.24. The highest BCUT2D eigenvalue weighted by Gasteiger charge is 2.17. The lowest BCUT2D eigenvalue weighted by Crippen LogP contribution is -2.21. The van der Waals surface area contributed by atoms with Gasteiger partial charge >= 0.3 is 0 Å². The van der Waals surface area contributed by atoms with E-state index in [1.807, 2.05) is 12.3 Å². The number of nitrogens with zero attached hydrogens (tertiary/aromatic N) is 1. The molecule has 0 amide bonds. The fourth-order valence-electron chi connectivity index (χ4n) is 1.67. The zero-order chi connectivity index (χ0) is 11.2. The minimum Gasteiger partial charge on any atom is -0.374 e. The molecule has 1 N–H and O–H groups in total. The fourth-order valence-corrected chi connectivity index (χ4v) is 1.67. The summed E-state index contributed by atoms with van der Waals surface area (Å²) < 4.78 is 5.77. The number of hydrogen-bond acceptors (Lipinski definition) is 3. The fraction of sp³-hybridized carbons (Fsp3) is 0.615. The largest absolute Gasteiger partial charge is 0.374 e. The van der Waals surface area contributed by atoms with Gasteiger partial charge in [-0.1, -0.05) is 6.92 Å². The Labute approximate surface area is 97.2 Å². The van der Waals surface area contributed by atoms with Gasteiger partial charge in [0.2, 0.25) is 0 Å². The Hall–Kier alpha value is -1.09. The molecule has 0 atom stereocenters. The van der Waals surface area contributed by atoms with Crippen LogP contribution in [-0.4, -0.2) is 17.6 Å². The minimum atomic E-state index is 0.500. The first-order valence-electron chi connectivity index (χ1n) is 6.19. The molecule has 1 saturated carbocycles. The van der Waals surface area contributed by atoms with Crippen LogP contribution in [0.4, 0.5) is 5.82 Å². The molecule has 1 aliphatic rings. The normalized spacial score (nSPS) is 15.8. The highest BCUT2D eigenvalue weighted by atomic mass is 16.5. The standard InChI is InChI=1S/C13H20N2O/c1-2-7-14-13-9-11(6-8-15-13)10-16-12-4-3-5-12/h6,8-9,12H,2-5,7,10H2,1H3,(H,14,15). The van der Waals surface area contributed by atoms with E-state index in [1.165, 1.54) is 24.8 Å². The SMILES string of the molecule is CCCNc1cc(COC2CCC2)ccn1. The summed E-state index contributed by atoms with van der Waals surface area (Å²) in [5.74, 6) is 0.955. The van der Waals surface area contributed by atoms with Gasteiger partial charge in [0.05, 0.1) is 12.7 Å². The predicted octanol–water partition coefficient (Wildman–Crippen LogP) is 2.97. The van der Waals surface area contributed by atoms with Gasteiger partial charge in [0.1, 0.15) is 5.82 Å². The van der Waals surface area contributed by atoms with Crippen molar-refractivity contribution in [2.75, 3.05) is 11.9 Å². The van der Waals surface area contributed by atoms with Gasteiger partial charge in [0.15, 0.2) is 0 Å². The first-order valence-corrected chi connectivity index (χ1v) is 6.19. The van der Waals surface area contributed by atoms with Crippen molar-refractivity contribution in [1.29, 1.82) is 0 Å². The monoisotopic (exact) mass is 220 g/mol. The Morgan fingerprint density at radius 1 is 1.50 bits per heavy atom. The van der Waals surface area contributed by atoms with Gasteiger partial charge in [-0.05, 0) is 43.4 Å². The number of pyridine rings is 1. The van der Waals surface area contributed by atoms with Crippen LogP contribution in [0.3, 0.4) is 0 Å². The van der Waals surface area contributed by atoms with Crippen LogP contribution >= 0.6 is 0 Å². The number of nitrogens with one attached hydrogen (secondary N) is 1. The minimum absolute atomic E-state index is 0.500. The molecule has 0 radical (unpaired) electrons. The topological polar surface area (TPSA) is 34.1 Å². The third kappa shape index (κ3) is 3.20. The van der Waals surface area contributed by atoms with Crippen molar-refractivity contribution in [2.24, 2.45) is 0 Å². The van der Waals surface area contributed by atoms with Gasteiger partial charge in [-0.25, -0.2) is 4.98 Å². The lowest BCUT2D eigenvalue weighted by atomic mass is 9.96. The van der Waals surface area contributed by atoms with Crippen molar-refractivity contribution in [3.8, 4) is 0 Å². The van der Waals surface area contributed by atoms with Crippen molar-refractivity contribution in [2.45, 2.75) is 45.3 Å². The van der Waals surface area contributed by atoms with Crippen LogP contribution in [0.25, 0.3) is 0 Å². The number of ether oxygens (including phenoxy) is 1. The maximum absolute atomic E-state index is 5.77. The molecule has 2 rings (SSSR count). The number of anilines is 1. The lowest BCUT2D eigenvalue weighted by Gasteiger charge is -2.25. The second-order valence-electron chi connectivity index (χ2n) is 4.34. The first-order chi connectivity index (χ1) is 7.88. The van der Waals surface area contributed by atoms with Gasteiger partial charge in [-0.3, -0.25) is 0 Å². The molecule has 3 heteroatoms. The molecule has 3 nitrogen and oxygen atoms in total. The Balaban J connectivity index is 1.82. The molecule has 0 aliphatic heterocycles. The number of rotatable bonds is 6. The van der Waals surface area contributed by atoms with E-state index in [9.17, 15) is 0 Å². The van der Waals surface area contributed by atoms with Crippen LogP contribution in [0, 0.1) is 0 Å². The van der Waals surface area contributed by atoms with E-state index < -0.39 is 0 Å². The summed E-state index contributed by atoms with van der Waals surface area (Å²) in [6.45, 7) is 3.84. The molecule has 0 saturated heterocycles. The van der Waals surface area contributed by atoms with E-state index in [4.69, 9.17) is 4.74 Å². The second kappa shape index (κ2) is 5.85. The van der Waals surface area contributed by atoms with Gasteiger partial charge in [0, 0.05) is 12.7 Å². The number of hydrogen-bond donors (Lipinski definition) is 1. The molecule has 88 valence electrons. The molecule has 0 unspecified atom stereocenters. The predicted molar refractivity (Wildman–Crippen MR) is 65.4 cm³/mol. The summed E-state index contributed by atoms with van der Waals surface area (Å²) in [5.41, 5.74) is 1.21. The van der Waals surface area contributed by atoms with Crippen LogP contribution in [0.5, 0.6) is 0 Å². The molecular formula is C13H20N2O. The quantitative estimate of drug-likeness (QED) is 0.800.